The van der Waals surface area contributed by atoms with Gasteiger partial charge in [0.25, 0.3) is 5.91 Å². The molecule has 1 amide bonds. The van der Waals surface area contributed by atoms with Crippen LogP contribution in [0.3, 0.4) is 0 Å². The number of carbonyl (C=O) groups is 1. The Balaban J connectivity index is 1.77. The number of fused-ring (bicyclic) bond motifs is 1. The fourth-order valence-corrected chi connectivity index (χ4v) is 2.92. The van der Waals surface area contributed by atoms with Gasteiger partial charge in [0.2, 0.25) is 5.88 Å². The lowest BCUT2D eigenvalue weighted by Gasteiger charge is -2.07. The van der Waals surface area contributed by atoms with Crippen LogP contribution in [0.15, 0.2) is 48.5 Å². The number of amides is 1. The zero-order valence-corrected chi connectivity index (χ0v) is 14.8. The minimum absolute atomic E-state index is 0.203. The highest BCUT2D eigenvalue weighted by atomic mass is 35.5. The Hall–Kier alpha value is -3.52. The van der Waals surface area contributed by atoms with Crippen LogP contribution >= 0.6 is 11.6 Å². The number of aromatic hydroxyl groups is 1. The third-order valence-corrected chi connectivity index (χ3v) is 4.24. The summed E-state index contributed by atoms with van der Waals surface area (Å²) in [6, 6.07) is 13.7. The van der Waals surface area contributed by atoms with Gasteiger partial charge in [-0.25, -0.2) is 9.50 Å². The van der Waals surface area contributed by atoms with Crippen molar-refractivity contribution in [3.8, 4) is 17.1 Å². The summed E-state index contributed by atoms with van der Waals surface area (Å²) in [5.41, 5.74) is 2.69. The maximum absolute atomic E-state index is 12.7. The molecule has 9 heteroatoms. The van der Waals surface area contributed by atoms with Crippen LogP contribution in [0, 0.1) is 6.92 Å². The van der Waals surface area contributed by atoms with Gasteiger partial charge in [-0.2, -0.15) is 5.10 Å². The molecule has 27 heavy (non-hydrogen) atoms. The molecule has 0 aliphatic carbocycles. The fourth-order valence-electron chi connectivity index (χ4n) is 2.68. The molecule has 4 aromatic rings. The highest BCUT2D eigenvalue weighted by Crippen LogP contribution is 2.26. The number of nitrogens with one attached hydrogen (secondary N) is 1. The standard InChI is InChI=1S/C18H13ClN6O2/c1-10-17(18(27)21-14-7-9-16(26)23-22-14)25-15(20-10)8-6-13(24-25)11-4-2-3-5-12(11)19/h2-9H,1H3,(H,23,26)(H,21,22,27). The van der Waals surface area contributed by atoms with Crippen molar-refractivity contribution in [2.24, 2.45) is 0 Å². The zero-order valence-electron chi connectivity index (χ0n) is 14.1. The monoisotopic (exact) mass is 380 g/mol. The molecule has 3 aromatic heterocycles. The van der Waals surface area contributed by atoms with E-state index in [1.807, 2.05) is 18.2 Å². The van der Waals surface area contributed by atoms with E-state index >= 15 is 0 Å². The van der Waals surface area contributed by atoms with E-state index in [-0.39, 0.29) is 17.4 Å². The molecule has 8 nitrogen and oxygen atoms in total. The molecular formula is C18H13ClN6O2. The van der Waals surface area contributed by atoms with Crippen molar-refractivity contribution in [1.29, 1.82) is 0 Å². The van der Waals surface area contributed by atoms with E-state index in [0.29, 0.717) is 22.1 Å². The maximum atomic E-state index is 12.7. The Kier molecular flexibility index (Phi) is 4.17. The minimum Gasteiger partial charge on any atom is -0.492 e. The molecule has 3 heterocycles. The Morgan fingerprint density at radius 2 is 1.93 bits per heavy atom. The molecule has 0 saturated heterocycles. The summed E-state index contributed by atoms with van der Waals surface area (Å²) >= 11 is 6.26. The van der Waals surface area contributed by atoms with E-state index in [4.69, 9.17) is 11.6 Å². The van der Waals surface area contributed by atoms with Crippen molar-refractivity contribution >= 4 is 29.0 Å². The van der Waals surface area contributed by atoms with E-state index in [0.717, 1.165) is 5.56 Å². The number of nitrogens with zero attached hydrogens (tertiary/aromatic N) is 5. The fraction of sp³-hybridized carbons (Fsp3) is 0.0556. The predicted molar refractivity (Wildman–Crippen MR) is 99.8 cm³/mol. The SMILES string of the molecule is Cc1nc2ccc(-c3ccccc3Cl)nn2c1C(=O)Nc1ccc(O)nn1. The number of benzene rings is 1. The summed E-state index contributed by atoms with van der Waals surface area (Å²) in [6.45, 7) is 1.72. The number of rotatable bonds is 3. The minimum atomic E-state index is -0.441. The average molecular weight is 381 g/mol. The molecule has 0 atom stereocenters. The third kappa shape index (κ3) is 3.18. The van der Waals surface area contributed by atoms with Crippen LogP contribution in [0.4, 0.5) is 5.82 Å². The second kappa shape index (κ2) is 6.65. The number of halogens is 1. The van der Waals surface area contributed by atoms with Crippen LogP contribution in [0.5, 0.6) is 5.88 Å². The van der Waals surface area contributed by atoms with Gasteiger partial charge in [0.1, 0.15) is 0 Å². The first-order valence-corrected chi connectivity index (χ1v) is 8.36. The molecule has 0 radical (unpaired) electrons. The number of aryl methyl sites for hydroxylation is 1. The Labute approximate surface area is 158 Å². The lowest BCUT2D eigenvalue weighted by Crippen LogP contribution is -2.17. The molecule has 0 unspecified atom stereocenters. The average Bonchev–Trinajstić information content (AvgIpc) is 2.99. The van der Waals surface area contributed by atoms with Crippen molar-refractivity contribution in [2.45, 2.75) is 6.92 Å². The molecule has 2 N–H and O–H groups in total. The van der Waals surface area contributed by atoms with E-state index in [9.17, 15) is 9.90 Å². The van der Waals surface area contributed by atoms with E-state index in [1.54, 1.807) is 25.1 Å². The van der Waals surface area contributed by atoms with Gasteiger partial charge in [-0.1, -0.05) is 29.8 Å². The summed E-state index contributed by atoms with van der Waals surface area (Å²) in [5.74, 6) is -0.469. The van der Waals surface area contributed by atoms with Crippen molar-refractivity contribution < 1.29 is 9.90 Å². The van der Waals surface area contributed by atoms with Crippen molar-refractivity contribution in [1.82, 2.24) is 24.8 Å². The number of carbonyl (C=O) groups excluding carboxylic acids is 1. The zero-order chi connectivity index (χ0) is 19.0. The van der Waals surface area contributed by atoms with Crippen molar-refractivity contribution in [3.05, 3.63) is 64.9 Å². The number of aromatic nitrogens is 5. The number of hydrogen-bond donors (Lipinski definition) is 2. The summed E-state index contributed by atoms with van der Waals surface area (Å²) in [7, 11) is 0. The first-order valence-electron chi connectivity index (χ1n) is 7.98. The molecule has 0 fully saturated rings. The molecule has 134 valence electrons. The van der Waals surface area contributed by atoms with Crippen LogP contribution < -0.4 is 5.32 Å². The van der Waals surface area contributed by atoms with E-state index in [1.165, 1.54) is 16.6 Å². The summed E-state index contributed by atoms with van der Waals surface area (Å²) < 4.78 is 1.47. The van der Waals surface area contributed by atoms with Gasteiger partial charge in [0.05, 0.1) is 16.4 Å². The normalized spacial score (nSPS) is 10.9. The summed E-state index contributed by atoms with van der Waals surface area (Å²) in [5, 5.41) is 24.1. The third-order valence-electron chi connectivity index (χ3n) is 3.91. The van der Waals surface area contributed by atoms with E-state index < -0.39 is 5.91 Å². The molecule has 0 aliphatic rings. The van der Waals surface area contributed by atoms with Crippen molar-refractivity contribution in [2.75, 3.05) is 5.32 Å². The second-order valence-corrected chi connectivity index (χ2v) is 6.15. The maximum Gasteiger partial charge on any atom is 0.277 e. The summed E-state index contributed by atoms with van der Waals surface area (Å²) in [6.07, 6.45) is 0. The topological polar surface area (TPSA) is 105 Å². The number of imidazole rings is 1. The van der Waals surface area contributed by atoms with Gasteiger partial charge in [0.15, 0.2) is 17.2 Å². The molecule has 0 aliphatic heterocycles. The van der Waals surface area contributed by atoms with Crippen LogP contribution in [0.2, 0.25) is 5.02 Å². The molecular weight excluding hydrogens is 368 g/mol. The first kappa shape index (κ1) is 16.9. The van der Waals surface area contributed by atoms with E-state index in [2.05, 4.69) is 25.6 Å². The Morgan fingerprint density at radius 3 is 2.67 bits per heavy atom. The molecule has 0 bridgehead atoms. The van der Waals surface area contributed by atoms with Gasteiger partial charge >= 0.3 is 0 Å². The molecule has 4 rings (SSSR count). The Bertz CT molecular complexity index is 1160. The van der Waals surface area contributed by atoms with Crippen LogP contribution in [0.1, 0.15) is 16.2 Å². The van der Waals surface area contributed by atoms with Crippen LogP contribution in [-0.4, -0.2) is 35.8 Å². The second-order valence-electron chi connectivity index (χ2n) is 5.75. The largest absolute Gasteiger partial charge is 0.492 e. The van der Waals surface area contributed by atoms with Crippen LogP contribution in [0.25, 0.3) is 16.9 Å². The smallest absolute Gasteiger partial charge is 0.277 e. The van der Waals surface area contributed by atoms with Crippen molar-refractivity contribution in [3.63, 3.8) is 0 Å². The highest BCUT2D eigenvalue weighted by Gasteiger charge is 2.19. The van der Waals surface area contributed by atoms with Gasteiger partial charge in [-0.15, -0.1) is 10.2 Å². The number of hydrogen-bond acceptors (Lipinski definition) is 6. The molecule has 1 aromatic carbocycles. The van der Waals surface area contributed by atoms with Crippen LogP contribution in [-0.2, 0) is 0 Å². The highest BCUT2D eigenvalue weighted by molar-refractivity contribution is 6.33. The van der Waals surface area contributed by atoms with Gasteiger partial charge < -0.3 is 10.4 Å². The van der Waals surface area contributed by atoms with Gasteiger partial charge in [0, 0.05) is 11.6 Å². The molecule has 0 spiro atoms. The number of anilines is 1. The lowest BCUT2D eigenvalue weighted by atomic mass is 10.1. The first-order chi connectivity index (χ1) is 13.0. The predicted octanol–water partition coefficient (Wildman–Crippen LogP) is 3.11. The quantitative estimate of drug-likeness (QED) is 0.565. The van der Waals surface area contributed by atoms with Gasteiger partial charge in [-0.3, -0.25) is 4.79 Å². The Morgan fingerprint density at radius 1 is 1.11 bits per heavy atom. The van der Waals surface area contributed by atoms with Gasteiger partial charge in [-0.05, 0) is 31.2 Å². The molecule has 0 saturated carbocycles. The summed E-state index contributed by atoms with van der Waals surface area (Å²) in [4.78, 5) is 17.1. The lowest BCUT2D eigenvalue weighted by molar-refractivity contribution is 0.101.